The summed E-state index contributed by atoms with van der Waals surface area (Å²) in [4.78, 5) is 19.1. The molecule has 0 amide bonds. The molecule has 27 heavy (non-hydrogen) atoms. The molecule has 4 aromatic rings. The molecule has 0 fully saturated rings. The fourth-order valence-corrected chi connectivity index (χ4v) is 4.68. The van der Waals surface area contributed by atoms with Crippen LogP contribution in [-0.2, 0) is 6.42 Å². The molecule has 4 heteroatoms. The molecule has 2 aromatic carbocycles. The van der Waals surface area contributed by atoms with Gasteiger partial charge in [0.25, 0.3) is 0 Å². The van der Waals surface area contributed by atoms with Gasteiger partial charge >= 0.3 is 0 Å². The van der Waals surface area contributed by atoms with Crippen LogP contribution in [0.2, 0.25) is 0 Å². The van der Waals surface area contributed by atoms with Crippen LogP contribution in [0.1, 0.15) is 39.0 Å². The Kier molecular flexibility index (Phi) is 4.44. The third-order valence-electron chi connectivity index (χ3n) is 4.98. The van der Waals surface area contributed by atoms with Gasteiger partial charge in [0.2, 0.25) is 0 Å². The number of benzene rings is 2. The lowest BCUT2D eigenvalue weighted by Crippen LogP contribution is -1.98. The molecule has 136 valence electrons. The standard InChI is InChI=1S/C23H22N2OS/c1-5-20-22(18-11-8-15(3)12-16(18)4)25-19(13-26)21(24-23(25)27-20)17-9-6-14(2)7-10-17/h6-13H,5H2,1-4H3. The highest BCUT2D eigenvalue weighted by Gasteiger charge is 2.22. The van der Waals surface area contributed by atoms with E-state index in [2.05, 4.69) is 58.0 Å². The quantitative estimate of drug-likeness (QED) is 0.409. The molecule has 0 unspecified atom stereocenters. The normalized spacial score (nSPS) is 11.3. The average Bonchev–Trinajstić information content (AvgIpc) is 3.18. The van der Waals surface area contributed by atoms with Crippen LogP contribution in [0.25, 0.3) is 27.5 Å². The fourth-order valence-electron chi connectivity index (χ4n) is 3.60. The molecule has 0 bridgehead atoms. The Hall–Kier alpha value is -2.72. The molecule has 2 aromatic heterocycles. The van der Waals surface area contributed by atoms with E-state index >= 15 is 0 Å². The van der Waals surface area contributed by atoms with Crippen molar-refractivity contribution in [3.05, 3.63) is 69.7 Å². The van der Waals surface area contributed by atoms with Crippen LogP contribution >= 0.6 is 11.3 Å². The molecule has 0 saturated heterocycles. The number of hydrogen-bond acceptors (Lipinski definition) is 3. The Bertz CT molecular complexity index is 1150. The van der Waals surface area contributed by atoms with Crippen molar-refractivity contribution in [2.24, 2.45) is 0 Å². The molecular formula is C23H22N2OS. The molecule has 0 aliphatic heterocycles. The monoisotopic (exact) mass is 374 g/mol. The van der Waals surface area contributed by atoms with Crippen LogP contribution in [0.4, 0.5) is 0 Å². The number of rotatable bonds is 4. The van der Waals surface area contributed by atoms with E-state index in [0.717, 1.165) is 34.6 Å². The summed E-state index contributed by atoms with van der Waals surface area (Å²) in [5.41, 5.74) is 8.27. The Balaban J connectivity index is 2.03. The van der Waals surface area contributed by atoms with Crippen LogP contribution in [0, 0.1) is 20.8 Å². The first kappa shape index (κ1) is 17.7. The van der Waals surface area contributed by atoms with E-state index in [0.29, 0.717) is 5.69 Å². The largest absolute Gasteiger partial charge is 0.296 e. The number of fused-ring (bicyclic) bond motifs is 1. The predicted molar refractivity (Wildman–Crippen MR) is 113 cm³/mol. The van der Waals surface area contributed by atoms with Gasteiger partial charge in [-0.15, -0.1) is 11.3 Å². The van der Waals surface area contributed by atoms with Crippen LogP contribution in [0.5, 0.6) is 0 Å². The van der Waals surface area contributed by atoms with Gasteiger partial charge in [-0.1, -0.05) is 60.5 Å². The highest BCUT2D eigenvalue weighted by atomic mass is 32.1. The van der Waals surface area contributed by atoms with Gasteiger partial charge in [-0.05, 0) is 32.8 Å². The smallest absolute Gasteiger partial charge is 0.195 e. The van der Waals surface area contributed by atoms with Gasteiger partial charge in [0.1, 0.15) is 11.4 Å². The first-order chi connectivity index (χ1) is 13.0. The summed E-state index contributed by atoms with van der Waals surface area (Å²) < 4.78 is 2.04. The summed E-state index contributed by atoms with van der Waals surface area (Å²) in [6.07, 6.45) is 1.85. The Morgan fingerprint density at radius 1 is 1.04 bits per heavy atom. The van der Waals surface area contributed by atoms with Crippen LogP contribution in [-0.4, -0.2) is 15.7 Å². The zero-order valence-electron chi connectivity index (χ0n) is 16.0. The predicted octanol–water partition coefficient (Wildman–Crippen LogP) is 6.03. The van der Waals surface area contributed by atoms with Crippen molar-refractivity contribution in [1.29, 1.82) is 0 Å². The summed E-state index contributed by atoms with van der Waals surface area (Å²) in [6.45, 7) is 8.44. The minimum absolute atomic E-state index is 0.625. The van der Waals surface area contributed by atoms with E-state index in [1.807, 2.05) is 16.5 Å². The number of aldehydes is 1. The van der Waals surface area contributed by atoms with Gasteiger partial charge in [0.15, 0.2) is 11.2 Å². The third-order valence-corrected chi connectivity index (χ3v) is 6.16. The molecule has 4 rings (SSSR count). The lowest BCUT2D eigenvalue weighted by Gasteiger charge is -2.10. The lowest BCUT2D eigenvalue weighted by molar-refractivity contribution is 0.111. The molecule has 0 atom stereocenters. The molecule has 0 aliphatic carbocycles. The summed E-state index contributed by atoms with van der Waals surface area (Å²) in [6, 6.07) is 14.7. The summed E-state index contributed by atoms with van der Waals surface area (Å²) in [5, 5.41) is 0. The van der Waals surface area contributed by atoms with Crippen molar-refractivity contribution in [2.45, 2.75) is 34.1 Å². The number of thiazole rings is 1. The zero-order valence-corrected chi connectivity index (χ0v) is 16.9. The maximum Gasteiger partial charge on any atom is 0.195 e. The van der Waals surface area contributed by atoms with Gasteiger partial charge in [-0.2, -0.15) is 0 Å². The van der Waals surface area contributed by atoms with E-state index in [1.165, 1.54) is 27.1 Å². The van der Waals surface area contributed by atoms with E-state index in [-0.39, 0.29) is 0 Å². The number of hydrogen-bond donors (Lipinski definition) is 0. The van der Waals surface area contributed by atoms with Gasteiger partial charge in [0.05, 0.1) is 5.69 Å². The molecular weight excluding hydrogens is 352 g/mol. The van der Waals surface area contributed by atoms with E-state index < -0.39 is 0 Å². The fraction of sp³-hybridized carbons (Fsp3) is 0.217. The van der Waals surface area contributed by atoms with Gasteiger partial charge in [0, 0.05) is 16.0 Å². The Morgan fingerprint density at radius 2 is 1.74 bits per heavy atom. The molecule has 0 N–H and O–H groups in total. The lowest BCUT2D eigenvalue weighted by atomic mass is 10.0. The second-order valence-electron chi connectivity index (χ2n) is 6.99. The highest BCUT2D eigenvalue weighted by molar-refractivity contribution is 7.17. The number of carbonyl (C=O) groups excluding carboxylic acids is 1. The first-order valence-electron chi connectivity index (χ1n) is 9.17. The Morgan fingerprint density at radius 3 is 2.37 bits per heavy atom. The maximum atomic E-state index is 12.1. The second-order valence-corrected chi connectivity index (χ2v) is 8.06. The minimum atomic E-state index is 0.625. The van der Waals surface area contributed by atoms with E-state index in [1.54, 1.807) is 11.3 Å². The summed E-state index contributed by atoms with van der Waals surface area (Å²) in [7, 11) is 0. The SMILES string of the molecule is CCc1sc2nc(-c3ccc(C)cc3)c(C=O)n2c1-c1ccc(C)cc1C. The minimum Gasteiger partial charge on any atom is -0.296 e. The zero-order chi connectivity index (χ0) is 19.1. The highest BCUT2D eigenvalue weighted by Crippen LogP contribution is 2.37. The molecule has 3 nitrogen and oxygen atoms in total. The second kappa shape index (κ2) is 6.78. The number of nitrogens with zero attached hydrogens (tertiary/aromatic N) is 2. The van der Waals surface area contributed by atoms with E-state index in [4.69, 9.17) is 4.98 Å². The molecule has 0 saturated carbocycles. The maximum absolute atomic E-state index is 12.1. The summed E-state index contributed by atoms with van der Waals surface area (Å²) in [5.74, 6) is 0. The van der Waals surface area contributed by atoms with Crippen molar-refractivity contribution >= 4 is 22.6 Å². The van der Waals surface area contributed by atoms with Crippen molar-refractivity contribution in [3.8, 4) is 22.5 Å². The van der Waals surface area contributed by atoms with Crippen molar-refractivity contribution in [2.75, 3.05) is 0 Å². The number of imidazole rings is 1. The van der Waals surface area contributed by atoms with Crippen LogP contribution in [0.15, 0.2) is 42.5 Å². The number of carbonyl (C=O) groups is 1. The van der Waals surface area contributed by atoms with Crippen LogP contribution in [0.3, 0.4) is 0 Å². The Labute approximate surface area is 163 Å². The first-order valence-corrected chi connectivity index (χ1v) is 9.99. The third kappa shape index (κ3) is 2.90. The molecule has 0 radical (unpaired) electrons. The summed E-state index contributed by atoms with van der Waals surface area (Å²) >= 11 is 1.67. The van der Waals surface area contributed by atoms with Crippen molar-refractivity contribution < 1.29 is 4.79 Å². The van der Waals surface area contributed by atoms with Crippen molar-refractivity contribution in [1.82, 2.24) is 9.38 Å². The molecule has 0 spiro atoms. The molecule has 2 heterocycles. The van der Waals surface area contributed by atoms with Gasteiger partial charge in [-0.3, -0.25) is 9.20 Å². The van der Waals surface area contributed by atoms with Gasteiger partial charge < -0.3 is 0 Å². The van der Waals surface area contributed by atoms with Gasteiger partial charge in [-0.25, -0.2) is 4.98 Å². The number of aromatic nitrogens is 2. The van der Waals surface area contributed by atoms with Crippen LogP contribution < -0.4 is 0 Å². The molecule has 0 aliphatic rings. The topological polar surface area (TPSA) is 34.4 Å². The number of aryl methyl sites for hydroxylation is 4. The van der Waals surface area contributed by atoms with Crippen molar-refractivity contribution in [3.63, 3.8) is 0 Å². The van der Waals surface area contributed by atoms with E-state index in [9.17, 15) is 4.79 Å². The average molecular weight is 375 g/mol.